The Kier molecular flexibility index (Phi) is 6.25. The molecule has 1 atom stereocenters. The lowest BCUT2D eigenvalue weighted by Gasteiger charge is -2.34. The fraction of sp³-hybridized carbons (Fsp3) is 0.321. The van der Waals surface area contributed by atoms with Crippen LogP contribution in [0.1, 0.15) is 17.5 Å². The lowest BCUT2D eigenvalue weighted by Crippen LogP contribution is -2.52. The van der Waals surface area contributed by atoms with Crippen LogP contribution in [0.2, 0.25) is 0 Å². The lowest BCUT2D eigenvalue weighted by atomic mass is 9.81. The SMILES string of the molecule is C=CCN1C(=O)[C@]2(C(=C(O)c3ccc4c(c3)OCCO4)C(=O)C(=O)N2CCCN(C)C)c2ccccc21. The Labute approximate surface area is 215 Å². The van der Waals surface area contributed by atoms with Gasteiger partial charge < -0.3 is 29.3 Å². The molecule has 0 radical (unpaired) electrons. The van der Waals surface area contributed by atoms with Crippen LogP contribution in [-0.2, 0) is 19.9 Å². The molecule has 1 N–H and O–H groups in total. The number of carbonyl (C=O) groups excluding carboxylic acids is 3. The second-order valence-electron chi connectivity index (χ2n) is 9.46. The van der Waals surface area contributed by atoms with E-state index in [-0.39, 0.29) is 24.2 Å². The number of rotatable bonds is 7. The molecule has 0 aliphatic carbocycles. The van der Waals surface area contributed by atoms with Gasteiger partial charge in [-0.3, -0.25) is 14.4 Å². The van der Waals surface area contributed by atoms with Gasteiger partial charge in [0.15, 0.2) is 17.0 Å². The molecular weight excluding hydrogens is 474 g/mol. The summed E-state index contributed by atoms with van der Waals surface area (Å²) < 4.78 is 11.2. The fourth-order valence-corrected chi connectivity index (χ4v) is 5.36. The molecule has 0 unspecified atom stereocenters. The number of aliphatic hydroxyl groups excluding tert-OH is 1. The van der Waals surface area contributed by atoms with Crippen LogP contribution >= 0.6 is 0 Å². The van der Waals surface area contributed by atoms with Crippen molar-refractivity contribution >= 4 is 29.0 Å². The van der Waals surface area contributed by atoms with Gasteiger partial charge in [-0.2, -0.15) is 0 Å². The number of Topliss-reactive ketones (excluding diaryl/α,β-unsaturated/α-hetero) is 1. The first kappa shape index (κ1) is 24.6. The third kappa shape index (κ3) is 3.69. The van der Waals surface area contributed by atoms with E-state index in [9.17, 15) is 19.5 Å². The van der Waals surface area contributed by atoms with Crippen molar-refractivity contribution in [1.82, 2.24) is 9.80 Å². The van der Waals surface area contributed by atoms with Crippen LogP contribution in [0.3, 0.4) is 0 Å². The highest BCUT2D eigenvalue weighted by molar-refractivity contribution is 6.50. The summed E-state index contributed by atoms with van der Waals surface area (Å²) in [6.07, 6.45) is 2.12. The van der Waals surface area contributed by atoms with Crippen molar-refractivity contribution in [3.63, 3.8) is 0 Å². The second-order valence-corrected chi connectivity index (χ2v) is 9.46. The minimum atomic E-state index is -1.79. The Balaban J connectivity index is 1.74. The molecule has 2 aromatic rings. The molecule has 1 spiro atoms. The molecule has 0 bridgehead atoms. The average molecular weight is 504 g/mol. The third-order valence-electron chi connectivity index (χ3n) is 6.92. The van der Waals surface area contributed by atoms with E-state index in [1.807, 2.05) is 19.0 Å². The van der Waals surface area contributed by atoms with Gasteiger partial charge in [-0.05, 0) is 51.3 Å². The maximum Gasteiger partial charge on any atom is 0.296 e. The quantitative estimate of drug-likeness (QED) is 0.268. The third-order valence-corrected chi connectivity index (χ3v) is 6.92. The van der Waals surface area contributed by atoms with Gasteiger partial charge in [-0.15, -0.1) is 6.58 Å². The number of benzene rings is 2. The highest BCUT2D eigenvalue weighted by Gasteiger charge is 2.66. The first-order valence-electron chi connectivity index (χ1n) is 12.2. The van der Waals surface area contributed by atoms with Crippen molar-refractivity contribution in [2.75, 3.05) is 51.8 Å². The number of anilines is 1. The maximum atomic E-state index is 14.3. The first-order chi connectivity index (χ1) is 17.8. The molecule has 9 heteroatoms. The molecule has 3 aliphatic rings. The number of hydrogen-bond acceptors (Lipinski definition) is 7. The summed E-state index contributed by atoms with van der Waals surface area (Å²) in [7, 11) is 3.82. The molecule has 0 aromatic heterocycles. The standard InChI is InChI=1S/C28H29N3O6/c1-4-12-30-20-9-6-5-8-19(20)28(27(30)35)23(25(33)26(34)31(28)14-7-13-29(2)3)24(32)18-10-11-21-22(17-18)37-16-15-36-21/h4-6,8-11,17,32H,1,7,12-16H2,2-3H3/t28-/m1/s1. The summed E-state index contributed by atoms with van der Waals surface area (Å²) in [5.41, 5.74) is -0.743. The van der Waals surface area contributed by atoms with Gasteiger partial charge in [0.2, 0.25) is 0 Å². The molecule has 3 aliphatic heterocycles. The first-order valence-corrected chi connectivity index (χ1v) is 12.2. The molecule has 2 amide bonds. The largest absolute Gasteiger partial charge is 0.507 e. The Morgan fingerprint density at radius 3 is 2.57 bits per heavy atom. The zero-order valence-electron chi connectivity index (χ0n) is 20.9. The molecule has 9 nitrogen and oxygen atoms in total. The minimum absolute atomic E-state index is 0.155. The molecule has 2 aromatic carbocycles. The number of nitrogens with zero attached hydrogens (tertiary/aromatic N) is 3. The topological polar surface area (TPSA) is 99.6 Å². The number of ether oxygens (including phenoxy) is 2. The molecule has 5 rings (SSSR count). The van der Waals surface area contributed by atoms with E-state index in [1.165, 1.54) is 9.80 Å². The van der Waals surface area contributed by atoms with Gasteiger partial charge in [-0.25, -0.2) is 0 Å². The van der Waals surface area contributed by atoms with Crippen molar-refractivity contribution in [3.05, 3.63) is 71.8 Å². The van der Waals surface area contributed by atoms with Crippen LogP contribution in [0, 0.1) is 0 Å². The number of carbonyl (C=O) groups is 3. The van der Waals surface area contributed by atoms with Crippen molar-refractivity contribution in [2.45, 2.75) is 12.0 Å². The maximum absolute atomic E-state index is 14.3. The van der Waals surface area contributed by atoms with Gasteiger partial charge >= 0.3 is 0 Å². The van der Waals surface area contributed by atoms with E-state index in [0.29, 0.717) is 48.9 Å². The van der Waals surface area contributed by atoms with Crippen LogP contribution in [0.25, 0.3) is 5.76 Å². The van der Waals surface area contributed by atoms with E-state index >= 15 is 0 Å². The number of fused-ring (bicyclic) bond motifs is 3. The molecule has 3 heterocycles. The van der Waals surface area contributed by atoms with Gasteiger partial charge in [-0.1, -0.05) is 24.3 Å². The average Bonchev–Trinajstić information content (AvgIpc) is 3.27. The molecule has 37 heavy (non-hydrogen) atoms. The number of likely N-dealkylation sites (tertiary alicyclic amines) is 1. The summed E-state index contributed by atoms with van der Waals surface area (Å²) in [6.45, 7) is 5.51. The van der Waals surface area contributed by atoms with E-state index < -0.39 is 28.9 Å². The van der Waals surface area contributed by atoms with Gasteiger partial charge in [0.1, 0.15) is 19.0 Å². The van der Waals surface area contributed by atoms with E-state index in [2.05, 4.69) is 6.58 Å². The van der Waals surface area contributed by atoms with Gasteiger partial charge in [0.05, 0.1) is 11.3 Å². The molecule has 0 saturated carbocycles. The number of ketones is 1. The highest BCUT2D eigenvalue weighted by atomic mass is 16.6. The van der Waals surface area contributed by atoms with Crippen molar-refractivity contribution < 1.29 is 29.0 Å². The number of hydrogen-bond donors (Lipinski definition) is 1. The summed E-state index contributed by atoms with van der Waals surface area (Å²) >= 11 is 0. The smallest absolute Gasteiger partial charge is 0.296 e. The van der Waals surface area contributed by atoms with Crippen LogP contribution in [0.5, 0.6) is 11.5 Å². The van der Waals surface area contributed by atoms with Crippen LogP contribution in [-0.4, -0.2) is 79.4 Å². The molecule has 1 saturated heterocycles. The van der Waals surface area contributed by atoms with Crippen LogP contribution in [0.4, 0.5) is 5.69 Å². The summed E-state index contributed by atoms with van der Waals surface area (Å²) in [5, 5.41) is 11.6. The second kappa shape index (κ2) is 9.40. The van der Waals surface area contributed by atoms with Gasteiger partial charge in [0.25, 0.3) is 17.6 Å². The number of para-hydroxylation sites is 1. The van der Waals surface area contributed by atoms with E-state index in [4.69, 9.17) is 9.47 Å². The summed E-state index contributed by atoms with van der Waals surface area (Å²) in [5.74, 6) is -1.70. The molecule has 1 fully saturated rings. The Hall–Kier alpha value is -4.11. The number of amides is 2. The zero-order chi connectivity index (χ0) is 26.3. The minimum Gasteiger partial charge on any atom is -0.507 e. The van der Waals surface area contributed by atoms with Crippen molar-refractivity contribution in [2.24, 2.45) is 0 Å². The molecule has 192 valence electrons. The fourth-order valence-electron chi connectivity index (χ4n) is 5.36. The van der Waals surface area contributed by atoms with Gasteiger partial charge in [0, 0.05) is 24.2 Å². The monoisotopic (exact) mass is 503 g/mol. The Morgan fingerprint density at radius 1 is 1.11 bits per heavy atom. The van der Waals surface area contributed by atoms with Crippen LogP contribution in [0.15, 0.2) is 60.7 Å². The van der Waals surface area contributed by atoms with Crippen molar-refractivity contribution in [1.29, 1.82) is 0 Å². The van der Waals surface area contributed by atoms with Crippen LogP contribution < -0.4 is 14.4 Å². The normalized spacial score (nSPS) is 21.8. The summed E-state index contributed by atoms with van der Waals surface area (Å²) in [6, 6.07) is 11.8. The lowest BCUT2D eigenvalue weighted by molar-refractivity contribution is -0.143. The Morgan fingerprint density at radius 2 is 1.84 bits per heavy atom. The molecular formula is C28H29N3O6. The zero-order valence-corrected chi connectivity index (χ0v) is 20.9. The number of aliphatic hydroxyl groups is 1. The van der Waals surface area contributed by atoms with E-state index in [0.717, 1.165) is 0 Å². The predicted molar refractivity (Wildman–Crippen MR) is 138 cm³/mol. The van der Waals surface area contributed by atoms with E-state index in [1.54, 1.807) is 48.5 Å². The predicted octanol–water partition coefficient (Wildman–Crippen LogP) is 2.52. The highest BCUT2D eigenvalue weighted by Crippen LogP contribution is 2.53. The Bertz CT molecular complexity index is 1330. The summed E-state index contributed by atoms with van der Waals surface area (Å²) in [4.78, 5) is 46.2. The van der Waals surface area contributed by atoms with Crippen molar-refractivity contribution in [3.8, 4) is 11.5 Å².